The molecule has 3 aromatic carbocycles. The van der Waals surface area contributed by atoms with Crippen LogP contribution >= 0.6 is 0 Å². The van der Waals surface area contributed by atoms with Crippen molar-refractivity contribution in [3.05, 3.63) is 90.4 Å². The number of hydrogen-bond donors (Lipinski definition) is 1. The molecule has 0 aliphatic heterocycles. The van der Waals surface area contributed by atoms with Crippen LogP contribution in [0.3, 0.4) is 0 Å². The van der Waals surface area contributed by atoms with Crippen molar-refractivity contribution in [3.8, 4) is 11.4 Å². The molecule has 2 atom stereocenters. The van der Waals surface area contributed by atoms with Crippen LogP contribution in [0.25, 0.3) is 16.6 Å². The van der Waals surface area contributed by atoms with E-state index in [0.717, 1.165) is 22.2 Å². The van der Waals surface area contributed by atoms with Crippen LogP contribution < -0.4 is 9.46 Å². The van der Waals surface area contributed by atoms with Gasteiger partial charge in [-0.2, -0.15) is 5.10 Å². The van der Waals surface area contributed by atoms with Gasteiger partial charge < -0.3 is 4.74 Å². The topological polar surface area (TPSA) is 73.2 Å². The molecule has 0 saturated heterocycles. The normalized spacial score (nSPS) is 13.7. The summed E-state index contributed by atoms with van der Waals surface area (Å²) in [6, 6.07) is 20.7. The zero-order chi connectivity index (χ0) is 22.7. The summed E-state index contributed by atoms with van der Waals surface area (Å²) in [6.07, 6.45) is 1.19. The summed E-state index contributed by atoms with van der Waals surface area (Å²) in [5, 5.41) is 5.26. The van der Waals surface area contributed by atoms with E-state index in [1.54, 1.807) is 36.9 Å². The van der Waals surface area contributed by atoms with Crippen LogP contribution in [0.2, 0.25) is 0 Å². The number of aromatic nitrogens is 2. The average molecular weight is 454 g/mol. The molecule has 0 radical (unpaired) electrons. The fourth-order valence-electron chi connectivity index (χ4n) is 3.55. The van der Waals surface area contributed by atoms with Crippen LogP contribution in [0.15, 0.2) is 79.0 Å². The van der Waals surface area contributed by atoms with Gasteiger partial charge in [-0.05, 0) is 61.9 Å². The highest BCUT2D eigenvalue weighted by atomic mass is 32.2. The van der Waals surface area contributed by atoms with Crippen LogP contribution in [0.5, 0.6) is 5.75 Å². The van der Waals surface area contributed by atoms with Crippen molar-refractivity contribution in [2.45, 2.75) is 26.0 Å². The van der Waals surface area contributed by atoms with Gasteiger partial charge >= 0.3 is 0 Å². The number of ether oxygens (including phenoxy) is 1. The van der Waals surface area contributed by atoms with Crippen molar-refractivity contribution >= 4 is 20.9 Å². The van der Waals surface area contributed by atoms with Gasteiger partial charge in [0.05, 0.1) is 29.2 Å². The third-order valence-electron chi connectivity index (χ3n) is 5.20. The fraction of sp³-hybridized carbons (Fsp3) is 0.208. The minimum absolute atomic E-state index is 0.00657. The molecule has 0 aliphatic carbocycles. The van der Waals surface area contributed by atoms with Crippen molar-refractivity contribution in [1.82, 2.24) is 14.5 Å². The Morgan fingerprint density at radius 1 is 1.06 bits per heavy atom. The quantitative estimate of drug-likeness (QED) is 0.423. The fourth-order valence-corrected chi connectivity index (χ4v) is 4.41. The Kier molecular flexibility index (Phi) is 6.25. The monoisotopic (exact) mass is 453 g/mol. The number of nitrogens with one attached hydrogen (secondary N) is 1. The molecule has 0 fully saturated rings. The van der Waals surface area contributed by atoms with Crippen molar-refractivity contribution in [3.63, 3.8) is 0 Å². The van der Waals surface area contributed by atoms with Crippen molar-refractivity contribution < 1.29 is 17.5 Å². The van der Waals surface area contributed by atoms with Crippen LogP contribution in [-0.4, -0.2) is 30.0 Å². The minimum Gasteiger partial charge on any atom is -0.484 e. The summed E-state index contributed by atoms with van der Waals surface area (Å²) in [7, 11) is -3.40. The zero-order valence-electron chi connectivity index (χ0n) is 17.8. The SMILES string of the molecule is CCS(=O)(=O)NC(C)C(Oc1ccc2c(cnn2-c2ccc(F)cc2)c1)c1ccccc1. The standard InChI is InChI=1S/C24H24FN3O3S/c1-3-32(29,30)27-17(2)24(18-7-5-4-6-8-18)31-22-13-14-23-19(15-22)16-26-28(23)21-11-9-20(25)10-12-21/h4-17,24,27H,3H2,1-2H3. The molecular weight excluding hydrogens is 429 g/mol. The largest absolute Gasteiger partial charge is 0.484 e. The van der Waals surface area contributed by atoms with Gasteiger partial charge in [0.15, 0.2) is 0 Å². The van der Waals surface area contributed by atoms with Crippen LogP contribution in [0.4, 0.5) is 4.39 Å². The van der Waals surface area contributed by atoms with Gasteiger partial charge in [-0.3, -0.25) is 0 Å². The van der Waals surface area contributed by atoms with Crippen LogP contribution in [0, 0.1) is 5.82 Å². The maximum atomic E-state index is 13.3. The lowest BCUT2D eigenvalue weighted by Gasteiger charge is -2.26. The van der Waals surface area contributed by atoms with E-state index in [0.29, 0.717) is 5.75 Å². The van der Waals surface area contributed by atoms with E-state index in [1.165, 1.54) is 12.1 Å². The summed E-state index contributed by atoms with van der Waals surface area (Å²) in [4.78, 5) is 0. The molecule has 0 saturated carbocycles. The van der Waals surface area contributed by atoms with Crippen molar-refractivity contribution in [1.29, 1.82) is 0 Å². The van der Waals surface area contributed by atoms with Gasteiger partial charge in [0.2, 0.25) is 10.0 Å². The second-order valence-electron chi connectivity index (χ2n) is 7.51. The Morgan fingerprint density at radius 2 is 1.78 bits per heavy atom. The minimum atomic E-state index is -3.40. The second-order valence-corrected chi connectivity index (χ2v) is 9.56. The molecule has 1 N–H and O–H groups in total. The van der Waals surface area contributed by atoms with E-state index in [4.69, 9.17) is 4.74 Å². The summed E-state index contributed by atoms with van der Waals surface area (Å²) in [5.74, 6) is 0.279. The van der Waals surface area contributed by atoms with Crippen LogP contribution in [0.1, 0.15) is 25.5 Å². The van der Waals surface area contributed by atoms with Crippen molar-refractivity contribution in [2.24, 2.45) is 0 Å². The van der Waals surface area contributed by atoms with E-state index >= 15 is 0 Å². The maximum Gasteiger partial charge on any atom is 0.211 e. The van der Waals surface area contributed by atoms with E-state index < -0.39 is 22.2 Å². The molecule has 2 unspecified atom stereocenters. The van der Waals surface area contributed by atoms with E-state index in [1.807, 2.05) is 48.5 Å². The number of benzene rings is 3. The number of rotatable bonds is 8. The van der Waals surface area contributed by atoms with Gasteiger partial charge in [0, 0.05) is 5.39 Å². The second kappa shape index (κ2) is 9.10. The number of hydrogen-bond acceptors (Lipinski definition) is 4. The number of sulfonamides is 1. The van der Waals surface area contributed by atoms with Gasteiger partial charge in [-0.15, -0.1) is 0 Å². The van der Waals surface area contributed by atoms with Gasteiger partial charge in [-0.1, -0.05) is 30.3 Å². The Bertz CT molecular complexity index is 1310. The summed E-state index contributed by atoms with van der Waals surface area (Å²) < 4.78 is 48.2. The molecule has 0 amide bonds. The predicted molar refractivity (Wildman–Crippen MR) is 123 cm³/mol. The third-order valence-corrected chi connectivity index (χ3v) is 6.69. The first-order chi connectivity index (χ1) is 15.4. The average Bonchev–Trinajstić information content (AvgIpc) is 3.21. The molecule has 4 rings (SSSR count). The number of nitrogens with zero attached hydrogens (tertiary/aromatic N) is 2. The summed E-state index contributed by atoms with van der Waals surface area (Å²) in [5.41, 5.74) is 2.46. The highest BCUT2D eigenvalue weighted by molar-refractivity contribution is 7.89. The van der Waals surface area contributed by atoms with Crippen LogP contribution in [-0.2, 0) is 10.0 Å². The Morgan fingerprint density at radius 3 is 2.47 bits per heavy atom. The summed E-state index contributed by atoms with van der Waals surface area (Å²) >= 11 is 0. The number of halogens is 1. The molecule has 32 heavy (non-hydrogen) atoms. The van der Waals surface area contributed by atoms with Gasteiger partial charge in [0.25, 0.3) is 0 Å². The lowest BCUT2D eigenvalue weighted by atomic mass is 10.0. The molecule has 6 nitrogen and oxygen atoms in total. The first kappa shape index (κ1) is 22.0. The molecule has 166 valence electrons. The molecule has 0 aliphatic rings. The molecule has 0 bridgehead atoms. The van der Waals surface area contributed by atoms with Gasteiger partial charge in [0.1, 0.15) is 17.7 Å². The molecule has 4 aromatic rings. The Hall–Kier alpha value is -3.23. The lowest BCUT2D eigenvalue weighted by molar-refractivity contribution is 0.173. The van der Waals surface area contributed by atoms with E-state index in [2.05, 4.69) is 9.82 Å². The first-order valence-corrected chi connectivity index (χ1v) is 12.0. The zero-order valence-corrected chi connectivity index (χ0v) is 18.6. The maximum absolute atomic E-state index is 13.3. The molecule has 1 aromatic heterocycles. The highest BCUT2D eigenvalue weighted by Gasteiger charge is 2.25. The smallest absolute Gasteiger partial charge is 0.211 e. The highest BCUT2D eigenvalue weighted by Crippen LogP contribution is 2.29. The van der Waals surface area contributed by atoms with Gasteiger partial charge in [-0.25, -0.2) is 22.2 Å². The Labute approximate surface area is 186 Å². The Balaban J connectivity index is 1.64. The lowest BCUT2D eigenvalue weighted by Crippen LogP contribution is -2.39. The predicted octanol–water partition coefficient (Wildman–Crippen LogP) is 4.61. The molecule has 0 spiro atoms. The molecule has 1 heterocycles. The summed E-state index contributed by atoms with van der Waals surface area (Å²) in [6.45, 7) is 3.39. The van der Waals surface area contributed by atoms with E-state index in [-0.39, 0.29) is 11.6 Å². The molecular formula is C24H24FN3O3S. The number of fused-ring (bicyclic) bond motifs is 1. The van der Waals surface area contributed by atoms with E-state index in [9.17, 15) is 12.8 Å². The third kappa shape index (κ3) is 4.81. The molecule has 8 heteroatoms. The first-order valence-electron chi connectivity index (χ1n) is 10.3. The van der Waals surface area contributed by atoms with Crippen molar-refractivity contribution in [2.75, 3.05) is 5.75 Å².